The SMILES string of the molecule is CN1C(=O)C23CC4(Cc5c[nH]c6ccccc56)c5ccccc5N(c5ccccc5)[C@@H]4N2C(=O)[C@H]1SC(=O)S3.O=S=O. The Morgan fingerprint density at radius 3 is 2.43 bits per heavy atom. The van der Waals surface area contributed by atoms with Gasteiger partial charge in [-0.2, -0.15) is 8.42 Å². The summed E-state index contributed by atoms with van der Waals surface area (Å²) in [4.78, 5) is 49.3. The van der Waals surface area contributed by atoms with Gasteiger partial charge in [-0.15, -0.1) is 0 Å². The largest absolute Gasteiger partial charge is 0.361 e. The lowest BCUT2D eigenvalue weighted by molar-refractivity contribution is -0.157. The Labute approximate surface area is 253 Å². The topological polar surface area (TPSA) is 111 Å². The molecule has 1 N–H and O–H groups in total. The third kappa shape index (κ3) is 3.61. The van der Waals surface area contributed by atoms with Crippen LogP contribution in [0.25, 0.3) is 10.9 Å². The van der Waals surface area contributed by atoms with Gasteiger partial charge in [0, 0.05) is 47.4 Å². The standard InChI is InChI=1S/C30H24N4O3S2.O2S/c1-32-25-24(35)34-26-29(17-30(34,27(32)36)39-28(37)38-25,15-18-16-31-22-13-7-5-11-20(18)22)21-12-6-8-14-23(21)33(26)19-9-3-2-4-10-19;1-3-2/h2-14,16,25-26,31H,15,17H2,1H3;/t25-,26-,29?,30?;/m1./s1. The maximum atomic E-state index is 14.3. The Hall–Kier alpha value is -3.87. The maximum Gasteiger partial charge on any atom is 0.335 e. The van der Waals surface area contributed by atoms with Crippen molar-refractivity contribution < 1.29 is 22.8 Å². The molecule has 2 amide bonds. The van der Waals surface area contributed by atoms with E-state index in [9.17, 15) is 14.4 Å². The summed E-state index contributed by atoms with van der Waals surface area (Å²) >= 11 is 1.24. The van der Waals surface area contributed by atoms with Gasteiger partial charge in [-0.1, -0.05) is 54.6 Å². The van der Waals surface area contributed by atoms with Crippen molar-refractivity contribution in [3.05, 3.63) is 96.2 Å². The average molecular weight is 617 g/mol. The number of para-hydroxylation sites is 3. The predicted octanol–water partition coefficient (Wildman–Crippen LogP) is 4.78. The van der Waals surface area contributed by atoms with Gasteiger partial charge >= 0.3 is 11.6 Å². The van der Waals surface area contributed by atoms with Crippen LogP contribution in [0.1, 0.15) is 17.5 Å². The summed E-state index contributed by atoms with van der Waals surface area (Å²) < 4.78 is 16.4. The smallest absolute Gasteiger partial charge is 0.335 e. The molecule has 0 aliphatic carbocycles. The molecule has 1 spiro atoms. The van der Waals surface area contributed by atoms with Crippen LogP contribution in [0.2, 0.25) is 0 Å². The number of carbonyl (C=O) groups excluding carboxylic acids is 3. The molecule has 1 aromatic heterocycles. The van der Waals surface area contributed by atoms with E-state index in [1.54, 1.807) is 11.9 Å². The molecule has 4 fully saturated rings. The molecule has 6 heterocycles. The lowest BCUT2D eigenvalue weighted by Crippen LogP contribution is -2.68. The zero-order valence-corrected chi connectivity index (χ0v) is 24.7. The second-order valence-corrected chi connectivity index (χ2v) is 13.5. The number of piperazine rings is 1. The van der Waals surface area contributed by atoms with Crippen molar-refractivity contribution in [2.45, 2.75) is 34.7 Å². The van der Waals surface area contributed by atoms with Crippen molar-refractivity contribution >= 4 is 73.6 Å². The number of aromatic nitrogens is 1. The summed E-state index contributed by atoms with van der Waals surface area (Å²) in [5, 5.41) is 0.262. The van der Waals surface area contributed by atoms with E-state index in [0.29, 0.717) is 12.8 Å². The molecule has 4 aromatic rings. The Morgan fingerprint density at radius 1 is 0.952 bits per heavy atom. The highest BCUT2D eigenvalue weighted by Crippen LogP contribution is 2.66. The molecular formula is C30H24N4O5S3. The quantitative estimate of drug-likeness (QED) is 0.350. The monoisotopic (exact) mass is 616 g/mol. The van der Waals surface area contributed by atoms with Gasteiger partial charge in [0.05, 0.1) is 0 Å². The number of fused-ring (bicyclic) bond motifs is 7. The van der Waals surface area contributed by atoms with Crippen LogP contribution >= 0.6 is 23.5 Å². The second-order valence-electron chi connectivity index (χ2n) is 10.8. The summed E-state index contributed by atoms with van der Waals surface area (Å²) in [5.74, 6) is -0.353. The number of carbonyl (C=O) groups is 3. The first-order valence-corrected chi connectivity index (χ1v) is 15.6. The van der Waals surface area contributed by atoms with E-state index in [4.69, 9.17) is 8.42 Å². The van der Waals surface area contributed by atoms with Gasteiger partial charge in [0.2, 0.25) is 0 Å². The molecule has 2 unspecified atom stereocenters. The van der Waals surface area contributed by atoms with E-state index in [0.717, 1.165) is 56.9 Å². The van der Waals surface area contributed by atoms with Crippen molar-refractivity contribution in [2.75, 3.05) is 11.9 Å². The first kappa shape index (κ1) is 27.0. The Balaban J connectivity index is 0.000000923. The van der Waals surface area contributed by atoms with Crippen molar-refractivity contribution in [2.24, 2.45) is 0 Å². The summed E-state index contributed by atoms with van der Waals surface area (Å²) in [5.41, 5.74) is 4.62. The zero-order chi connectivity index (χ0) is 29.2. The lowest BCUT2D eigenvalue weighted by Gasteiger charge is -2.47. The predicted molar refractivity (Wildman–Crippen MR) is 163 cm³/mol. The van der Waals surface area contributed by atoms with Crippen molar-refractivity contribution in [3.63, 3.8) is 0 Å². The number of thioether (sulfide) groups is 2. The molecule has 42 heavy (non-hydrogen) atoms. The van der Waals surface area contributed by atoms with E-state index in [-0.39, 0.29) is 16.3 Å². The van der Waals surface area contributed by atoms with Gasteiger partial charge in [-0.25, -0.2) is 0 Å². The molecule has 212 valence electrons. The number of hydrogen-bond donors (Lipinski definition) is 1. The van der Waals surface area contributed by atoms with Gasteiger partial charge in [-0.3, -0.25) is 19.3 Å². The molecule has 0 radical (unpaired) electrons. The molecule has 4 atom stereocenters. The number of aromatic amines is 1. The first-order valence-electron chi connectivity index (χ1n) is 13.3. The molecule has 9 rings (SSSR count). The van der Waals surface area contributed by atoms with Gasteiger partial charge in [-0.05, 0) is 65.3 Å². The minimum absolute atomic E-state index is 0.173. The summed E-state index contributed by atoms with van der Waals surface area (Å²) in [6.07, 6.45) is 2.53. The highest BCUT2D eigenvalue weighted by molar-refractivity contribution is 8.40. The summed E-state index contributed by atoms with van der Waals surface area (Å²) in [6.45, 7) is 0. The Kier molecular flexibility index (Phi) is 6.33. The normalized spacial score (nSPS) is 27.4. The van der Waals surface area contributed by atoms with Crippen molar-refractivity contribution in [1.82, 2.24) is 14.8 Å². The number of anilines is 2. The van der Waals surface area contributed by atoms with Crippen LogP contribution < -0.4 is 4.90 Å². The molecule has 2 bridgehead atoms. The molecule has 4 saturated heterocycles. The van der Waals surface area contributed by atoms with Crippen LogP contribution in [-0.4, -0.2) is 62.9 Å². The number of likely N-dealkylation sites (N-methyl/N-ethyl adjacent to an activating group) is 1. The first-order chi connectivity index (χ1) is 20.4. The third-order valence-corrected chi connectivity index (χ3v) is 11.3. The van der Waals surface area contributed by atoms with Crippen LogP contribution in [0.4, 0.5) is 16.2 Å². The Bertz CT molecular complexity index is 1810. The number of hydrogen-bond acceptors (Lipinski definition) is 8. The number of rotatable bonds is 3. The highest BCUT2D eigenvalue weighted by Gasteiger charge is 2.75. The number of nitrogens with zero attached hydrogens (tertiary/aromatic N) is 3. The molecule has 0 saturated carbocycles. The number of amides is 2. The molecule has 3 aromatic carbocycles. The maximum absolute atomic E-state index is 14.3. The van der Waals surface area contributed by atoms with Crippen LogP contribution in [0.15, 0.2) is 85.1 Å². The van der Waals surface area contributed by atoms with E-state index in [1.165, 1.54) is 4.90 Å². The van der Waals surface area contributed by atoms with Gasteiger partial charge in [0.1, 0.15) is 6.17 Å². The van der Waals surface area contributed by atoms with Gasteiger partial charge < -0.3 is 14.8 Å². The molecule has 9 nitrogen and oxygen atoms in total. The summed E-state index contributed by atoms with van der Waals surface area (Å²) in [6, 6.07) is 26.6. The number of benzene rings is 3. The Morgan fingerprint density at radius 2 is 1.64 bits per heavy atom. The molecule has 5 aliphatic rings. The van der Waals surface area contributed by atoms with Gasteiger partial charge in [0.15, 0.2) is 10.2 Å². The van der Waals surface area contributed by atoms with E-state index < -0.39 is 33.4 Å². The fourth-order valence-electron chi connectivity index (χ4n) is 7.27. The number of nitrogens with one attached hydrogen (secondary N) is 1. The van der Waals surface area contributed by atoms with E-state index in [2.05, 4.69) is 34.1 Å². The number of H-pyrrole nitrogens is 1. The van der Waals surface area contributed by atoms with Crippen molar-refractivity contribution in [1.29, 1.82) is 0 Å². The zero-order valence-electron chi connectivity index (χ0n) is 22.3. The molecular weight excluding hydrogens is 593 g/mol. The third-order valence-electron chi connectivity index (χ3n) is 8.76. The molecule has 5 aliphatic heterocycles. The second kappa shape index (κ2) is 9.85. The van der Waals surface area contributed by atoms with Gasteiger partial charge in [0.25, 0.3) is 16.3 Å². The van der Waals surface area contributed by atoms with Crippen LogP contribution in [0, 0.1) is 0 Å². The fraction of sp³-hybridized carbons (Fsp3) is 0.233. The minimum Gasteiger partial charge on any atom is -0.361 e. The van der Waals surface area contributed by atoms with Crippen molar-refractivity contribution in [3.8, 4) is 0 Å². The van der Waals surface area contributed by atoms with E-state index in [1.807, 2.05) is 60.8 Å². The summed E-state index contributed by atoms with van der Waals surface area (Å²) in [7, 11) is 1.65. The van der Waals surface area contributed by atoms with Crippen LogP contribution in [-0.2, 0) is 33.0 Å². The average Bonchev–Trinajstić information content (AvgIpc) is 3.57. The van der Waals surface area contributed by atoms with E-state index >= 15 is 0 Å². The van der Waals surface area contributed by atoms with Crippen LogP contribution in [0.5, 0.6) is 0 Å². The highest BCUT2D eigenvalue weighted by atomic mass is 32.2. The lowest BCUT2D eigenvalue weighted by atomic mass is 9.73. The minimum atomic E-state index is -1.31. The fourth-order valence-corrected chi connectivity index (χ4v) is 9.93. The molecule has 12 heteroatoms. The van der Waals surface area contributed by atoms with Crippen LogP contribution in [0.3, 0.4) is 0 Å².